The summed E-state index contributed by atoms with van der Waals surface area (Å²) in [6.07, 6.45) is 6.28. The molecule has 4 aliphatic rings. The Kier molecular flexibility index (Phi) is 7.53. The molecule has 0 aromatic heterocycles. The second-order valence-corrected chi connectivity index (χ2v) is 11.9. The lowest BCUT2D eigenvalue weighted by Crippen LogP contribution is -2.52. The van der Waals surface area contributed by atoms with Crippen LogP contribution < -0.4 is 25.6 Å². The van der Waals surface area contributed by atoms with Crippen molar-refractivity contribution >= 4 is 34.8 Å². The number of piperidine rings is 3. The molecule has 4 aliphatic heterocycles. The molecule has 41 heavy (non-hydrogen) atoms. The Morgan fingerprint density at radius 3 is 2.20 bits per heavy atom. The third-order valence-electron chi connectivity index (χ3n) is 9.80. The Morgan fingerprint density at radius 2 is 1.59 bits per heavy atom. The highest BCUT2D eigenvalue weighted by Gasteiger charge is 2.40. The van der Waals surface area contributed by atoms with Gasteiger partial charge in [0.25, 0.3) is 5.91 Å². The Balaban J connectivity index is 1.07. The van der Waals surface area contributed by atoms with E-state index in [-0.39, 0.29) is 24.1 Å². The number of carbonyl (C=O) groups excluding carboxylic acids is 3. The lowest BCUT2D eigenvalue weighted by molar-refractivity contribution is -0.136. The summed E-state index contributed by atoms with van der Waals surface area (Å²) >= 11 is 0. The van der Waals surface area contributed by atoms with Crippen LogP contribution in [0.2, 0.25) is 0 Å². The van der Waals surface area contributed by atoms with Gasteiger partial charge in [-0.05, 0) is 74.1 Å². The van der Waals surface area contributed by atoms with E-state index in [1.807, 2.05) is 12.1 Å². The Morgan fingerprint density at radius 1 is 0.927 bits per heavy atom. The number of nitrogens with zero attached hydrogens (tertiary/aromatic N) is 3. The third-order valence-corrected chi connectivity index (χ3v) is 9.80. The number of hydrogen-bond donors (Lipinski definition) is 2. The zero-order chi connectivity index (χ0) is 28.7. The van der Waals surface area contributed by atoms with Gasteiger partial charge in [-0.15, -0.1) is 0 Å². The molecule has 2 aromatic rings. The number of anilines is 3. The average molecular weight is 560 g/mol. The van der Waals surface area contributed by atoms with Crippen LogP contribution in [0, 0.1) is 11.8 Å². The van der Waals surface area contributed by atoms with Gasteiger partial charge in [-0.2, -0.15) is 0 Å². The van der Waals surface area contributed by atoms with Gasteiger partial charge in [0.2, 0.25) is 11.8 Å². The number of ether oxygens (including phenoxy) is 1. The first kappa shape index (κ1) is 27.4. The minimum Gasteiger partial charge on any atom is -0.495 e. The number of benzene rings is 2. The predicted octanol–water partition coefficient (Wildman–Crippen LogP) is 3.73. The Bertz CT molecular complexity index is 1340. The van der Waals surface area contributed by atoms with E-state index >= 15 is 0 Å². The van der Waals surface area contributed by atoms with Crippen molar-refractivity contribution in [1.29, 1.82) is 0 Å². The van der Waals surface area contributed by atoms with Crippen molar-refractivity contribution in [2.75, 3.05) is 48.8 Å². The van der Waals surface area contributed by atoms with Gasteiger partial charge in [-0.3, -0.25) is 19.7 Å². The summed E-state index contributed by atoms with van der Waals surface area (Å²) in [7, 11) is 1.68. The molecule has 2 aromatic carbocycles. The molecular weight excluding hydrogens is 518 g/mol. The molecule has 0 aliphatic carbocycles. The van der Waals surface area contributed by atoms with Gasteiger partial charge in [-0.25, -0.2) is 0 Å². The second kappa shape index (κ2) is 11.3. The van der Waals surface area contributed by atoms with Gasteiger partial charge >= 0.3 is 0 Å². The molecule has 0 radical (unpaired) electrons. The van der Waals surface area contributed by atoms with Gasteiger partial charge < -0.3 is 25.2 Å². The first-order chi connectivity index (χ1) is 19.9. The fraction of sp³-hybridized carbons (Fsp3) is 0.531. The number of aryl methyl sites for hydroxylation is 1. The topological polar surface area (TPSA) is 108 Å². The molecule has 218 valence electrons. The summed E-state index contributed by atoms with van der Waals surface area (Å²) in [5.74, 6) is 1.45. The number of hydrogen-bond acceptors (Lipinski definition) is 7. The number of imide groups is 1. The lowest BCUT2D eigenvalue weighted by Gasteiger charge is -2.42. The number of methoxy groups -OCH3 is 1. The van der Waals surface area contributed by atoms with Gasteiger partial charge in [-0.1, -0.05) is 13.0 Å². The van der Waals surface area contributed by atoms with Crippen LogP contribution in [-0.2, 0) is 22.6 Å². The van der Waals surface area contributed by atoms with Crippen molar-refractivity contribution < 1.29 is 19.1 Å². The molecule has 6 rings (SSSR count). The van der Waals surface area contributed by atoms with Crippen LogP contribution in [0.3, 0.4) is 0 Å². The highest BCUT2D eigenvalue weighted by molar-refractivity contribution is 6.06. The zero-order valence-corrected chi connectivity index (χ0v) is 24.2. The van der Waals surface area contributed by atoms with Crippen molar-refractivity contribution in [2.24, 2.45) is 11.8 Å². The summed E-state index contributed by atoms with van der Waals surface area (Å²) in [5, 5.41) is 2.40. The summed E-state index contributed by atoms with van der Waals surface area (Å²) in [5.41, 5.74) is 12.2. The molecule has 0 spiro atoms. The maximum absolute atomic E-state index is 13.3. The monoisotopic (exact) mass is 559 g/mol. The van der Waals surface area contributed by atoms with E-state index in [0.29, 0.717) is 30.1 Å². The SMILES string of the molecule is CCc1cc(N)c(OC)cc1N1CCC(C2CCN(c3cccc4c3CN(C3CCC(=O)NC3=O)C4=O)CC2)CC1. The van der Waals surface area contributed by atoms with Gasteiger partial charge in [0, 0.05) is 67.7 Å². The molecule has 0 saturated carbocycles. The van der Waals surface area contributed by atoms with E-state index < -0.39 is 6.04 Å². The zero-order valence-electron chi connectivity index (χ0n) is 24.2. The lowest BCUT2D eigenvalue weighted by atomic mass is 9.78. The Labute approximate surface area is 242 Å². The number of nitrogens with two attached hydrogens (primary N) is 1. The number of rotatable bonds is 6. The van der Waals surface area contributed by atoms with Crippen LogP contribution >= 0.6 is 0 Å². The van der Waals surface area contributed by atoms with Crippen LogP contribution in [0.15, 0.2) is 30.3 Å². The Hall–Kier alpha value is -3.75. The molecule has 1 unspecified atom stereocenters. The minimum absolute atomic E-state index is 0.108. The van der Waals surface area contributed by atoms with Crippen LogP contribution in [0.4, 0.5) is 17.1 Å². The number of fused-ring (bicyclic) bond motifs is 1. The van der Waals surface area contributed by atoms with E-state index in [2.05, 4.69) is 40.2 Å². The summed E-state index contributed by atoms with van der Waals surface area (Å²) in [6, 6.07) is 9.53. The third kappa shape index (κ3) is 5.11. The smallest absolute Gasteiger partial charge is 0.255 e. The van der Waals surface area contributed by atoms with Crippen molar-refractivity contribution in [1.82, 2.24) is 10.2 Å². The molecule has 3 fully saturated rings. The van der Waals surface area contributed by atoms with Gasteiger partial charge in [0.1, 0.15) is 11.8 Å². The minimum atomic E-state index is -0.584. The van der Waals surface area contributed by atoms with E-state index in [4.69, 9.17) is 10.5 Å². The quantitative estimate of drug-likeness (QED) is 0.410. The largest absolute Gasteiger partial charge is 0.495 e. The first-order valence-electron chi connectivity index (χ1n) is 15.1. The summed E-state index contributed by atoms with van der Waals surface area (Å²) in [6.45, 7) is 6.65. The van der Waals surface area contributed by atoms with Crippen molar-refractivity contribution in [3.8, 4) is 5.75 Å². The van der Waals surface area contributed by atoms with Crippen molar-refractivity contribution in [3.63, 3.8) is 0 Å². The highest BCUT2D eigenvalue weighted by atomic mass is 16.5. The molecule has 3 amide bonds. The summed E-state index contributed by atoms with van der Waals surface area (Å²) in [4.78, 5) is 44.0. The van der Waals surface area contributed by atoms with E-state index in [9.17, 15) is 14.4 Å². The fourth-order valence-electron chi connectivity index (χ4n) is 7.48. The molecule has 9 nitrogen and oxygen atoms in total. The number of nitrogen functional groups attached to an aromatic ring is 1. The molecule has 4 heterocycles. The number of carbonyl (C=O) groups is 3. The molecule has 9 heteroatoms. The molecule has 0 bridgehead atoms. The van der Waals surface area contributed by atoms with Crippen LogP contribution in [-0.4, -0.2) is 62.0 Å². The van der Waals surface area contributed by atoms with E-state index in [1.54, 1.807) is 12.0 Å². The summed E-state index contributed by atoms with van der Waals surface area (Å²) < 4.78 is 5.51. The number of nitrogens with one attached hydrogen (secondary N) is 1. The first-order valence-corrected chi connectivity index (χ1v) is 15.1. The fourth-order valence-corrected chi connectivity index (χ4v) is 7.48. The average Bonchev–Trinajstić information content (AvgIpc) is 3.33. The normalized spacial score (nSPS) is 22.2. The standard InChI is InChI=1S/C32H41N5O4/c1-3-20-17-25(33)29(41-2)18-28(20)36-15-11-22(12-16-36)21-9-13-35(14-10-21)26-6-4-5-23-24(26)19-37(32(23)40)27-7-8-30(38)34-31(27)39/h4-6,17-18,21-22,27H,3,7-16,19,33H2,1-2H3,(H,34,38,39). The molecule has 3 saturated heterocycles. The second-order valence-electron chi connectivity index (χ2n) is 11.9. The van der Waals surface area contributed by atoms with Crippen LogP contribution in [0.1, 0.15) is 66.9 Å². The van der Waals surface area contributed by atoms with E-state index in [1.165, 1.54) is 24.1 Å². The van der Waals surface area contributed by atoms with Gasteiger partial charge in [0.05, 0.1) is 12.8 Å². The maximum Gasteiger partial charge on any atom is 0.255 e. The van der Waals surface area contributed by atoms with Crippen LogP contribution in [0.25, 0.3) is 0 Å². The number of amides is 3. The molecule has 3 N–H and O–H groups in total. The maximum atomic E-state index is 13.3. The van der Waals surface area contributed by atoms with Crippen molar-refractivity contribution in [3.05, 3.63) is 47.0 Å². The van der Waals surface area contributed by atoms with E-state index in [0.717, 1.165) is 68.4 Å². The van der Waals surface area contributed by atoms with Crippen LogP contribution in [0.5, 0.6) is 5.75 Å². The predicted molar refractivity (Wildman–Crippen MR) is 159 cm³/mol. The molecule has 1 atom stereocenters. The van der Waals surface area contributed by atoms with Crippen molar-refractivity contribution in [2.45, 2.75) is 64.5 Å². The van der Waals surface area contributed by atoms with Gasteiger partial charge in [0.15, 0.2) is 0 Å². The highest BCUT2D eigenvalue weighted by Crippen LogP contribution is 2.40. The molecular formula is C32H41N5O4.